The van der Waals surface area contributed by atoms with Gasteiger partial charge in [0.15, 0.2) is 0 Å². The standard InChI is InChI=1S/C12H21N5O2/c1-9-10(17(18)19)11(15(4)14-9)16-7-5-12(2,13-3)6-8-16/h13H,5-8H2,1-4H3. The van der Waals surface area contributed by atoms with Crippen molar-refractivity contribution in [3.05, 3.63) is 15.8 Å². The smallest absolute Gasteiger partial charge is 0.333 e. The van der Waals surface area contributed by atoms with Gasteiger partial charge in [0.25, 0.3) is 0 Å². The largest absolute Gasteiger partial charge is 0.351 e. The molecule has 7 nitrogen and oxygen atoms in total. The summed E-state index contributed by atoms with van der Waals surface area (Å²) in [6, 6.07) is 0. The predicted molar refractivity (Wildman–Crippen MR) is 73.5 cm³/mol. The van der Waals surface area contributed by atoms with E-state index in [1.807, 2.05) is 7.05 Å². The number of hydrogen-bond acceptors (Lipinski definition) is 5. The normalized spacial score (nSPS) is 18.6. The Balaban J connectivity index is 2.27. The summed E-state index contributed by atoms with van der Waals surface area (Å²) in [4.78, 5) is 12.9. The van der Waals surface area contributed by atoms with Gasteiger partial charge in [0.05, 0.1) is 4.92 Å². The molecule has 2 heterocycles. The topological polar surface area (TPSA) is 76.2 Å². The van der Waals surface area contributed by atoms with Crippen molar-refractivity contribution in [3.63, 3.8) is 0 Å². The van der Waals surface area contributed by atoms with Crippen molar-refractivity contribution in [2.75, 3.05) is 25.0 Å². The molecule has 1 saturated heterocycles. The van der Waals surface area contributed by atoms with E-state index in [1.54, 1.807) is 18.7 Å². The van der Waals surface area contributed by atoms with Crippen LogP contribution < -0.4 is 10.2 Å². The minimum Gasteiger partial charge on any atom is -0.351 e. The van der Waals surface area contributed by atoms with Crippen LogP contribution in [0.3, 0.4) is 0 Å². The molecule has 19 heavy (non-hydrogen) atoms. The van der Waals surface area contributed by atoms with Crippen LogP contribution in [-0.4, -0.2) is 40.4 Å². The van der Waals surface area contributed by atoms with E-state index < -0.39 is 0 Å². The molecular weight excluding hydrogens is 246 g/mol. The lowest BCUT2D eigenvalue weighted by Crippen LogP contribution is -2.50. The maximum atomic E-state index is 11.2. The van der Waals surface area contributed by atoms with E-state index in [2.05, 4.69) is 22.2 Å². The average Bonchev–Trinajstić information content (AvgIpc) is 2.65. The Morgan fingerprint density at radius 2 is 2.00 bits per heavy atom. The molecule has 0 saturated carbocycles. The van der Waals surface area contributed by atoms with Crippen LogP contribution in [0.4, 0.5) is 11.5 Å². The van der Waals surface area contributed by atoms with Crippen molar-refractivity contribution in [2.45, 2.75) is 32.2 Å². The van der Waals surface area contributed by atoms with Crippen LogP contribution in [0.5, 0.6) is 0 Å². The SMILES string of the molecule is CNC1(C)CCN(c2c([N+](=O)[O-])c(C)nn2C)CC1. The summed E-state index contributed by atoms with van der Waals surface area (Å²) in [5.74, 6) is 0.626. The maximum absolute atomic E-state index is 11.2. The summed E-state index contributed by atoms with van der Waals surface area (Å²) < 4.78 is 1.62. The fraction of sp³-hybridized carbons (Fsp3) is 0.750. The molecule has 0 bridgehead atoms. The van der Waals surface area contributed by atoms with E-state index in [9.17, 15) is 10.1 Å². The predicted octanol–water partition coefficient (Wildman–Crippen LogP) is 1.22. The lowest BCUT2D eigenvalue weighted by molar-refractivity contribution is -0.384. The van der Waals surface area contributed by atoms with Crippen LogP contribution in [0.2, 0.25) is 0 Å². The summed E-state index contributed by atoms with van der Waals surface area (Å²) in [6.45, 7) is 5.48. The number of nitro groups is 1. The van der Waals surface area contributed by atoms with Gasteiger partial charge in [0.1, 0.15) is 5.69 Å². The first-order chi connectivity index (χ1) is 8.88. The van der Waals surface area contributed by atoms with Gasteiger partial charge in [-0.1, -0.05) is 0 Å². The summed E-state index contributed by atoms with van der Waals surface area (Å²) in [7, 11) is 3.73. The molecule has 1 aliphatic heterocycles. The van der Waals surface area contributed by atoms with E-state index in [0.29, 0.717) is 11.5 Å². The second-order valence-electron chi connectivity index (χ2n) is 5.44. The van der Waals surface area contributed by atoms with Crippen LogP contribution in [0.15, 0.2) is 0 Å². The molecule has 0 aromatic carbocycles. The zero-order valence-corrected chi connectivity index (χ0v) is 11.9. The molecule has 1 aromatic heterocycles. The lowest BCUT2D eigenvalue weighted by atomic mass is 9.90. The number of aromatic nitrogens is 2. The Labute approximate surface area is 112 Å². The van der Waals surface area contributed by atoms with Gasteiger partial charge < -0.3 is 10.2 Å². The molecule has 1 N–H and O–H groups in total. The molecule has 1 aromatic rings. The van der Waals surface area contributed by atoms with Gasteiger partial charge in [0.2, 0.25) is 5.82 Å². The Kier molecular flexibility index (Phi) is 3.49. The second kappa shape index (κ2) is 4.80. The van der Waals surface area contributed by atoms with Crippen molar-refractivity contribution >= 4 is 11.5 Å². The molecule has 1 fully saturated rings. The van der Waals surface area contributed by atoms with Gasteiger partial charge in [-0.15, -0.1) is 0 Å². The molecule has 0 spiro atoms. The molecule has 0 radical (unpaired) electrons. The third kappa shape index (κ3) is 2.42. The van der Waals surface area contributed by atoms with Crippen LogP contribution >= 0.6 is 0 Å². The molecule has 0 amide bonds. The number of hydrogen-bond donors (Lipinski definition) is 1. The van der Waals surface area contributed by atoms with Crippen molar-refractivity contribution in [3.8, 4) is 0 Å². The summed E-state index contributed by atoms with van der Waals surface area (Å²) >= 11 is 0. The third-order valence-corrected chi connectivity index (χ3v) is 4.11. The molecule has 0 atom stereocenters. The van der Waals surface area contributed by atoms with E-state index in [4.69, 9.17) is 0 Å². The summed E-state index contributed by atoms with van der Waals surface area (Å²) in [6.07, 6.45) is 1.93. The van der Waals surface area contributed by atoms with Gasteiger partial charge in [-0.05, 0) is 33.7 Å². The van der Waals surface area contributed by atoms with E-state index >= 15 is 0 Å². The minimum atomic E-state index is -0.330. The van der Waals surface area contributed by atoms with E-state index in [-0.39, 0.29) is 16.1 Å². The maximum Gasteiger partial charge on any atom is 0.333 e. The fourth-order valence-electron chi connectivity index (χ4n) is 2.67. The number of nitrogens with zero attached hydrogens (tertiary/aromatic N) is 4. The van der Waals surface area contributed by atoms with Gasteiger partial charge in [-0.3, -0.25) is 10.1 Å². The number of aryl methyl sites for hydroxylation is 2. The molecule has 7 heteroatoms. The highest BCUT2D eigenvalue weighted by Crippen LogP contribution is 2.34. The van der Waals surface area contributed by atoms with Crippen molar-refractivity contribution < 1.29 is 4.92 Å². The van der Waals surface area contributed by atoms with Gasteiger partial charge in [0, 0.05) is 25.7 Å². The number of rotatable bonds is 3. The highest BCUT2D eigenvalue weighted by molar-refractivity contribution is 5.61. The minimum absolute atomic E-state index is 0.124. The Morgan fingerprint density at radius 1 is 1.42 bits per heavy atom. The number of piperidine rings is 1. The molecule has 106 valence electrons. The fourth-order valence-corrected chi connectivity index (χ4v) is 2.67. The summed E-state index contributed by atoms with van der Waals surface area (Å²) in [5, 5.41) is 18.7. The van der Waals surface area contributed by atoms with Crippen LogP contribution in [-0.2, 0) is 7.05 Å². The van der Waals surface area contributed by atoms with Crippen molar-refractivity contribution in [2.24, 2.45) is 7.05 Å². The Hall–Kier alpha value is -1.63. The van der Waals surface area contributed by atoms with Gasteiger partial charge in [-0.25, -0.2) is 4.68 Å². The highest BCUT2D eigenvalue weighted by atomic mass is 16.6. The zero-order chi connectivity index (χ0) is 14.2. The second-order valence-corrected chi connectivity index (χ2v) is 5.44. The van der Waals surface area contributed by atoms with Crippen LogP contribution in [0.25, 0.3) is 0 Å². The lowest BCUT2D eigenvalue weighted by Gasteiger charge is -2.39. The first kappa shape index (κ1) is 13.8. The Morgan fingerprint density at radius 3 is 2.47 bits per heavy atom. The first-order valence-electron chi connectivity index (χ1n) is 6.50. The number of anilines is 1. The first-order valence-corrected chi connectivity index (χ1v) is 6.50. The van der Waals surface area contributed by atoms with E-state index in [0.717, 1.165) is 25.9 Å². The Bertz CT molecular complexity index is 489. The van der Waals surface area contributed by atoms with Gasteiger partial charge >= 0.3 is 5.69 Å². The molecular formula is C12H21N5O2. The zero-order valence-electron chi connectivity index (χ0n) is 11.9. The molecule has 0 unspecified atom stereocenters. The average molecular weight is 267 g/mol. The quantitative estimate of drug-likeness (QED) is 0.658. The molecule has 1 aliphatic rings. The van der Waals surface area contributed by atoms with E-state index in [1.165, 1.54) is 0 Å². The van der Waals surface area contributed by atoms with Gasteiger partial charge in [-0.2, -0.15) is 5.10 Å². The summed E-state index contributed by atoms with van der Waals surface area (Å²) in [5.41, 5.74) is 0.735. The van der Waals surface area contributed by atoms with Crippen molar-refractivity contribution in [1.29, 1.82) is 0 Å². The molecule has 2 rings (SSSR count). The highest BCUT2D eigenvalue weighted by Gasteiger charge is 2.34. The van der Waals surface area contributed by atoms with Crippen LogP contribution in [0.1, 0.15) is 25.5 Å². The van der Waals surface area contributed by atoms with Crippen molar-refractivity contribution in [1.82, 2.24) is 15.1 Å². The monoisotopic (exact) mass is 267 g/mol. The number of nitrogens with one attached hydrogen (secondary N) is 1. The third-order valence-electron chi connectivity index (χ3n) is 4.11. The van der Waals surface area contributed by atoms with Crippen LogP contribution in [0, 0.1) is 17.0 Å². The molecule has 0 aliphatic carbocycles.